The van der Waals surface area contributed by atoms with E-state index < -0.39 is 12.1 Å². The smallest absolute Gasteiger partial charge is 0.248 e. The predicted molar refractivity (Wildman–Crippen MR) is 93.7 cm³/mol. The zero-order chi connectivity index (χ0) is 17.3. The molecule has 2 aliphatic rings. The lowest BCUT2D eigenvalue weighted by molar-refractivity contribution is -0.138. The minimum absolute atomic E-state index is 0.100. The van der Waals surface area contributed by atoms with E-state index in [-0.39, 0.29) is 17.7 Å². The Labute approximate surface area is 145 Å². The highest BCUT2D eigenvalue weighted by molar-refractivity contribution is 7.99. The number of carbonyl (C=O) groups is 3. The summed E-state index contributed by atoms with van der Waals surface area (Å²) in [5.41, 5.74) is 2.90. The molecule has 0 bridgehead atoms. The van der Waals surface area contributed by atoms with Gasteiger partial charge in [-0.2, -0.15) is 0 Å². The fourth-order valence-electron chi connectivity index (χ4n) is 3.05. The number of aryl methyl sites for hydroxylation is 2. The number of amides is 3. The van der Waals surface area contributed by atoms with Gasteiger partial charge in [-0.05, 0) is 31.9 Å². The third kappa shape index (κ3) is 3.40. The number of rotatable bonds is 3. The van der Waals surface area contributed by atoms with E-state index in [4.69, 9.17) is 0 Å². The molecule has 3 rings (SSSR count). The largest absolute Gasteiger partial charge is 0.344 e. The van der Waals surface area contributed by atoms with Crippen LogP contribution in [0.2, 0.25) is 0 Å². The highest BCUT2D eigenvalue weighted by Crippen LogP contribution is 2.25. The van der Waals surface area contributed by atoms with Crippen LogP contribution in [0, 0.1) is 13.8 Å². The zero-order valence-corrected chi connectivity index (χ0v) is 14.6. The second kappa shape index (κ2) is 6.84. The molecule has 3 amide bonds. The van der Waals surface area contributed by atoms with Crippen LogP contribution in [-0.2, 0) is 14.4 Å². The molecule has 1 aromatic carbocycles. The summed E-state index contributed by atoms with van der Waals surface area (Å²) in [6.45, 7) is 3.95. The van der Waals surface area contributed by atoms with Gasteiger partial charge in [-0.15, -0.1) is 11.8 Å². The van der Waals surface area contributed by atoms with Gasteiger partial charge in [0.1, 0.15) is 12.1 Å². The standard InChI is InChI=1S/C17H21N3O3S/c1-10-3-4-12(11(2)7-10)19-16(22)14-8-24-9-20(14)17(23)13-5-6-15(21)18-13/h3-4,7,13-14H,5-6,8-9H2,1-2H3,(H,18,21)(H,19,22)/t13-,14-/m1/s1. The summed E-state index contributed by atoms with van der Waals surface area (Å²) in [6.07, 6.45) is 0.876. The number of benzene rings is 1. The van der Waals surface area contributed by atoms with Crippen LogP contribution in [0.4, 0.5) is 5.69 Å². The van der Waals surface area contributed by atoms with E-state index >= 15 is 0 Å². The van der Waals surface area contributed by atoms with E-state index in [0.717, 1.165) is 16.8 Å². The summed E-state index contributed by atoms with van der Waals surface area (Å²) in [7, 11) is 0. The van der Waals surface area contributed by atoms with Crippen LogP contribution in [0.5, 0.6) is 0 Å². The Balaban J connectivity index is 1.69. The minimum atomic E-state index is -0.499. The van der Waals surface area contributed by atoms with Gasteiger partial charge in [-0.25, -0.2) is 0 Å². The number of thioether (sulfide) groups is 1. The van der Waals surface area contributed by atoms with Crippen molar-refractivity contribution in [2.75, 3.05) is 16.9 Å². The Hall–Kier alpha value is -2.02. The lowest BCUT2D eigenvalue weighted by atomic mass is 10.1. The molecule has 24 heavy (non-hydrogen) atoms. The van der Waals surface area contributed by atoms with Crippen LogP contribution in [-0.4, -0.2) is 46.3 Å². The van der Waals surface area contributed by atoms with E-state index in [1.54, 1.807) is 16.7 Å². The number of hydrogen-bond donors (Lipinski definition) is 2. The first-order valence-electron chi connectivity index (χ1n) is 8.01. The molecule has 6 nitrogen and oxygen atoms in total. The predicted octanol–water partition coefficient (Wildman–Crippen LogP) is 1.42. The van der Waals surface area contributed by atoms with Gasteiger partial charge in [0.25, 0.3) is 0 Å². The van der Waals surface area contributed by atoms with Crippen LogP contribution in [0.1, 0.15) is 24.0 Å². The Morgan fingerprint density at radius 2 is 2.12 bits per heavy atom. The molecular formula is C17H21N3O3S. The van der Waals surface area contributed by atoms with E-state index in [9.17, 15) is 14.4 Å². The average molecular weight is 347 g/mol. The topological polar surface area (TPSA) is 78.5 Å². The summed E-state index contributed by atoms with van der Waals surface area (Å²) >= 11 is 1.56. The second-order valence-corrected chi connectivity index (χ2v) is 7.29. The molecule has 2 atom stereocenters. The Kier molecular flexibility index (Phi) is 4.80. The number of anilines is 1. The maximum Gasteiger partial charge on any atom is 0.248 e. The molecule has 0 unspecified atom stereocenters. The normalized spacial score (nSPS) is 23.2. The van der Waals surface area contributed by atoms with Gasteiger partial charge in [-0.1, -0.05) is 17.7 Å². The maximum absolute atomic E-state index is 12.6. The van der Waals surface area contributed by atoms with E-state index in [1.165, 1.54) is 0 Å². The Morgan fingerprint density at radius 1 is 1.33 bits per heavy atom. The van der Waals surface area contributed by atoms with Crippen molar-refractivity contribution in [2.45, 2.75) is 38.8 Å². The fourth-order valence-corrected chi connectivity index (χ4v) is 4.21. The van der Waals surface area contributed by atoms with Crippen molar-refractivity contribution >= 4 is 35.2 Å². The third-order valence-electron chi connectivity index (χ3n) is 4.40. The SMILES string of the molecule is Cc1ccc(NC(=O)[C@H]2CSCN2C(=O)[C@H]2CCC(=O)N2)c(C)c1. The van der Waals surface area contributed by atoms with Crippen LogP contribution in [0.15, 0.2) is 18.2 Å². The number of nitrogens with one attached hydrogen (secondary N) is 2. The number of carbonyl (C=O) groups excluding carboxylic acids is 3. The summed E-state index contributed by atoms with van der Waals surface area (Å²) < 4.78 is 0. The van der Waals surface area contributed by atoms with Gasteiger partial charge in [0.2, 0.25) is 17.7 Å². The third-order valence-corrected chi connectivity index (χ3v) is 5.41. The van der Waals surface area contributed by atoms with E-state index in [0.29, 0.717) is 24.5 Å². The maximum atomic E-state index is 12.6. The van der Waals surface area contributed by atoms with Gasteiger partial charge in [0.05, 0.1) is 5.88 Å². The number of nitrogens with zero attached hydrogens (tertiary/aromatic N) is 1. The molecule has 0 radical (unpaired) electrons. The van der Waals surface area contributed by atoms with Gasteiger partial charge in [0, 0.05) is 17.9 Å². The summed E-state index contributed by atoms with van der Waals surface area (Å²) in [4.78, 5) is 38.1. The van der Waals surface area contributed by atoms with Crippen LogP contribution >= 0.6 is 11.8 Å². The Morgan fingerprint density at radius 3 is 2.79 bits per heavy atom. The molecule has 1 aromatic rings. The molecule has 2 aliphatic heterocycles. The van der Waals surface area contributed by atoms with Crippen LogP contribution in [0.25, 0.3) is 0 Å². The minimum Gasteiger partial charge on any atom is -0.344 e. The Bertz CT molecular complexity index is 692. The van der Waals surface area contributed by atoms with Crippen molar-refractivity contribution in [1.82, 2.24) is 10.2 Å². The van der Waals surface area contributed by atoms with Gasteiger partial charge in [0.15, 0.2) is 0 Å². The lowest BCUT2D eigenvalue weighted by Gasteiger charge is -2.26. The van der Waals surface area contributed by atoms with Gasteiger partial charge >= 0.3 is 0 Å². The summed E-state index contributed by atoms with van der Waals surface area (Å²) in [6, 6.07) is 4.85. The van der Waals surface area contributed by atoms with Crippen molar-refractivity contribution in [3.8, 4) is 0 Å². The van der Waals surface area contributed by atoms with Gasteiger partial charge < -0.3 is 15.5 Å². The first-order valence-corrected chi connectivity index (χ1v) is 9.17. The zero-order valence-electron chi connectivity index (χ0n) is 13.8. The molecule has 0 saturated carbocycles. The van der Waals surface area contributed by atoms with Crippen LogP contribution in [0.3, 0.4) is 0 Å². The molecule has 128 valence electrons. The highest BCUT2D eigenvalue weighted by Gasteiger charge is 2.39. The molecule has 0 aliphatic carbocycles. The molecule has 0 aromatic heterocycles. The van der Waals surface area contributed by atoms with Crippen molar-refractivity contribution in [3.05, 3.63) is 29.3 Å². The van der Waals surface area contributed by atoms with Crippen molar-refractivity contribution in [2.24, 2.45) is 0 Å². The lowest BCUT2D eigenvalue weighted by Crippen LogP contribution is -2.50. The van der Waals surface area contributed by atoms with E-state index in [1.807, 2.05) is 32.0 Å². The number of hydrogen-bond acceptors (Lipinski definition) is 4. The molecule has 0 spiro atoms. The molecule has 2 saturated heterocycles. The molecule has 2 heterocycles. The summed E-state index contributed by atoms with van der Waals surface area (Å²) in [5, 5.41) is 5.61. The highest BCUT2D eigenvalue weighted by atomic mass is 32.2. The van der Waals surface area contributed by atoms with Crippen LogP contribution < -0.4 is 10.6 Å². The average Bonchev–Trinajstić information content (AvgIpc) is 3.18. The monoisotopic (exact) mass is 347 g/mol. The quantitative estimate of drug-likeness (QED) is 0.867. The molecule has 2 N–H and O–H groups in total. The molecular weight excluding hydrogens is 326 g/mol. The molecule has 2 fully saturated rings. The van der Waals surface area contributed by atoms with Gasteiger partial charge in [-0.3, -0.25) is 14.4 Å². The first kappa shape index (κ1) is 16.8. The summed E-state index contributed by atoms with van der Waals surface area (Å²) in [5.74, 6) is 0.618. The first-order chi connectivity index (χ1) is 11.5. The van der Waals surface area contributed by atoms with Crippen molar-refractivity contribution in [1.29, 1.82) is 0 Å². The molecule has 7 heteroatoms. The second-order valence-electron chi connectivity index (χ2n) is 6.29. The fraction of sp³-hybridized carbons (Fsp3) is 0.471. The van der Waals surface area contributed by atoms with Crippen molar-refractivity contribution in [3.63, 3.8) is 0 Å². The van der Waals surface area contributed by atoms with Crippen molar-refractivity contribution < 1.29 is 14.4 Å². The van der Waals surface area contributed by atoms with E-state index in [2.05, 4.69) is 10.6 Å².